The van der Waals surface area contributed by atoms with Crippen LogP contribution in [0.4, 0.5) is 0 Å². The zero-order chi connectivity index (χ0) is 13.1. The summed E-state index contributed by atoms with van der Waals surface area (Å²) in [6.07, 6.45) is 7.63. The molecule has 1 saturated carbocycles. The average molecular weight is 264 g/mol. The molecule has 0 unspecified atom stereocenters. The van der Waals surface area contributed by atoms with Crippen molar-refractivity contribution < 1.29 is 14.2 Å². The van der Waals surface area contributed by atoms with Crippen molar-refractivity contribution in [1.82, 2.24) is 0 Å². The van der Waals surface area contributed by atoms with Crippen molar-refractivity contribution in [2.75, 3.05) is 26.2 Å². The molecule has 2 heterocycles. The van der Waals surface area contributed by atoms with E-state index in [0.717, 1.165) is 24.3 Å². The van der Waals surface area contributed by atoms with Gasteiger partial charge in [-0.3, -0.25) is 0 Å². The highest BCUT2D eigenvalue weighted by Crippen LogP contribution is 2.21. The molecule has 2 atom stereocenters. The maximum absolute atomic E-state index is 5.47. The molecule has 2 aliphatic rings. The van der Waals surface area contributed by atoms with Crippen molar-refractivity contribution in [3.63, 3.8) is 0 Å². The zero-order valence-corrected chi connectivity index (χ0v) is 12.2. The summed E-state index contributed by atoms with van der Waals surface area (Å²) < 4.78 is 5.47. The van der Waals surface area contributed by atoms with Crippen LogP contribution in [0.3, 0.4) is 0 Å². The Balaban J connectivity index is 1.46. The first-order valence-electron chi connectivity index (χ1n) is 8.02. The van der Waals surface area contributed by atoms with Crippen molar-refractivity contribution in [1.29, 1.82) is 0 Å². The molecule has 2 N–H and O–H groups in total. The van der Waals surface area contributed by atoms with Gasteiger partial charge in [0.1, 0.15) is 32.7 Å². The molecule has 2 fully saturated rings. The van der Waals surface area contributed by atoms with Gasteiger partial charge in [0.2, 0.25) is 0 Å². The summed E-state index contributed by atoms with van der Waals surface area (Å²) in [4.78, 5) is 3.58. The molecule has 0 spiro atoms. The van der Waals surface area contributed by atoms with Crippen molar-refractivity contribution >= 4 is 0 Å². The van der Waals surface area contributed by atoms with E-state index < -0.39 is 0 Å². The van der Waals surface area contributed by atoms with Gasteiger partial charge in [-0.1, -0.05) is 13.3 Å². The third-order valence-corrected chi connectivity index (χ3v) is 5.12. The van der Waals surface area contributed by atoms with E-state index in [4.69, 9.17) is 4.42 Å². The van der Waals surface area contributed by atoms with Crippen LogP contribution in [0.25, 0.3) is 0 Å². The van der Waals surface area contributed by atoms with Crippen LogP contribution in [-0.4, -0.2) is 32.2 Å². The molecule has 3 nitrogen and oxygen atoms in total. The molecule has 1 aromatic heterocycles. The Morgan fingerprint density at radius 2 is 2.05 bits per heavy atom. The van der Waals surface area contributed by atoms with Crippen molar-refractivity contribution in [3.05, 3.63) is 24.2 Å². The van der Waals surface area contributed by atoms with E-state index in [1.54, 1.807) is 11.2 Å². The highest BCUT2D eigenvalue weighted by Gasteiger charge is 2.32. The standard InChI is InChI=1S/C16H26N2O/c1-14-4-2-5-15(12-14)18-9-7-17(8-10-18)13-16-6-3-11-19-16/h3,6,11,14-15H,2,4-5,7-10,12-13H2,1H3/p+2/t14-,15+/m0/s1. The molecule has 1 aliphatic carbocycles. The number of piperazine rings is 1. The lowest BCUT2D eigenvalue weighted by molar-refractivity contribution is -1.03. The number of hydrogen-bond donors (Lipinski definition) is 2. The summed E-state index contributed by atoms with van der Waals surface area (Å²) in [6, 6.07) is 5.06. The minimum Gasteiger partial charge on any atom is -0.463 e. The second kappa shape index (κ2) is 6.10. The van der Waals surface area contributed by atoms with Gasteiger partial charge in [0.05, 0.1) is 12.3 Å². The molecule has 3 rings (SSSR count). The Bertz CT molecular complexity index is 368. The lowest BCUT2D eigenvalue weighted by atomic mass is 9.86. The van der Waals surface area contributed by atoms with Gasteiger partial charge in [0, 0.05) is 6.42 Å². The van der Waals surface area contributed by atoms with Gasteiger partial charge >= 0.3 is 0 Å². The average Bonchev–Trinajstić information content (AvgIpc) is 2.92. The van der Waals surface area contributed by atoms with Crippen LogP contribution in [0.2, 0.25) is 0 Å². The lowest BCUT2D eigenvalue weighted by Crippen LogP contribution is -3.29. The maximum atomic E-state index is 5.47. The minimum atomic E-state index is 0.953. The molecular weight excluding hydrogens is 236 g/mol. The first-order chi connectivity index (χ1) is 9.31. The van der Waals surface area contributed by atoms with Crippen LogP contribution in [0.5, 0.6) is 0 Å². The highest BCUT2D eigenvalue weighted by atomic mass is 16.3. The molecule has 0 bridgehead atoms. The topological polar surface area (TPSA) is 22.0 Å². The van der Waals surface area contributed by atoms with Gasteiger partial charge in [0.25, 0.3) is 0 Å². The van der Waals surface area contributed by atoms with Gasteiger partial charge in [0.15, 0.2) is 5.76 Å². The lowest BCUT2D eigenvalue weighted by Gasteiger charge is -2.37. The largest absolute Gasteiger partial charge is 0.463 e. The quantitative estimate of drug-likeness (QED) is 0.797. The first kappa shape index (κ1) is 13.2. The van der Waals surface area contributed by atoms with E-state index in [9.17, 15) is 0 Å². The number of furan rings is 1. The number of quaternary nitrogens is 2. The molecule has 19 heavy (non-hydrogen) atoms. The molecule has 1 aliphatic heterocycles. The Morgan fingerprint density at radius 1 is 1.21 bits per heavy atom. The van der Waals surface area contributed by atoms with Gasteiger partial charge in [-0.25, -0.2) is 0 Å². The molecule has 0 aromatic carbocycles. The third kappa shape index (κ3) is 3.40. The normalized spacial score (nSPS) is 36.3. The molecule has 3 heteroatoms. The highest BCUT2D eigenvalue weighted by molar-refractivity contribution is 4.95. The summed E-state index contributed by atoms with van der Waals surface area (Å²) in [5.41, 5.74) is 0. The summed E-state index contributed by atoms with van der Waals surface area (Å²) >= 11 is 0. The molecule has 1 aromatic rings. The van der Waals surface area contributed by atoms with Crippen LogP contribution >= 0.6 is 0 Å². The van der Waals surface area contributed by atoms with Crippen molar-refractivity contribution in [3.8, 4) is 0 Å². The van der Waals surface area contributed by atoms with E-state index in [-0.39, 0.29) is 0 Å². The predicted octanol–water partition coefficient (Wildman–Crippen LogP) is 0.142. The molecule has 0 amide bonds. The first-order valence-corrected chi connectivity index (χ1v) is 8.02. The second-order valence-electron chi connectivity index (χ2n) is 6.63. The van der Waals surface area contributed by atoms with Crippen LogP contribution < -0.4 is 9.80 Å². The fourth-order valence-electron chi connectivity index (χ4n) is 3.97. The number of rotatable bonds is 3. The summed E-state index contributed by atoms with van der Waals surface area (Å²) in [5, 5.41) is 0. The fourth-order valence-corrected chi connectivity index (χ4v) is 3.97. The van der Waals surface area contributed by atoms with Crippen LogP contribution in [-0.2, 0) is 6.54 Å². The zero-order valence-electron chi connectivity index (χ0n) is 12.2. The van der Waals surface area contributed by atoms with Crippen molar-refractivity contribution in [2.45, 2.75) is 45.2 Å². The minimum absolute atomic E-state index is 0.953. The predicted molar refractivity (Wildman–Crippen MR) is 75.2 cm³/mol. The molecule has 106 valence electrons. The third-order valence-electron chi connectivity index (χ3n) is 5.12. The number of hydrogen-bond acceptors (Lipinski definition) is 1. The molecule has 0 radical (unpaired) electrons. The number of nitrogens with one attached hydrogen (secondary N) is 2. The van der Waals surface area contributed by atoms with E-state index in [1.165, 1.54) is 51.9 Å². The Kier molecular flexibility index (Phi) is 4.24. The van der Waals surface area contributed by atoms with Crippen LogP contribution in [0.15, 0.2) is 22.8 Å². The van der Waals surface area contributed by atoms with E-state index in [1.807, 2.05) is 11.0 Å². The summed E-state index contributed by atoms with van der Waals surface area (Å²) in [5.74, 6) is 2.10. The SMILES string of the molecule is C[C@H]1CCC[C@@H]([NH+]2CC[NH+](Cc3ccco3)CC2)C1. The maximum Gasteiger partial charge on any atom is 0.157 e. The summed E-state index contributed by atoms with van der Waals surface area (Å²) in [6.45, 7) is 8.83. The Morgan fingerprint density at radius 3 is 2.74 bits per heavy atom. The second-order valence-corrected chi connectivity index (χ2v) is 6.63. The van der Waals surface area contributed by atoms with Crippen molar-refractivity contribution in [2.24, 2.45) is 5.92 Å². The van der Waals surface area contributed by atoms with E-state index in [0.29, 0.717) is 0 Å². The van der Waals surface area contributed by atoms with Crippen LogP contribution in [0.1, 0.15) is 38.4 Å². The smallest absolute Gasteiger partial charge is 0.157 e. The Labute approximate surface area is 116 Å². The fraction of sp³-hybridized carbons (Fsp3) is 0.750. The monoisotopic (exact) mass is 264 g/mol. The van der Waals surface area contributed by atoms with Gasteiger partial charge in [-0.15, -0.1) is 0 Å². The van der Waals surface area contributed by atoms with Gasteiger partial charge < -0.3 is 14.2 Å². The van der Waals surface area contributed by atoms with E-state index in [2.05, 4.69) is 13.0 Å². The van der Waals surface area contributed by atoms with Gasteiger partial charge in [-0.05, 0) is 30.9 Å². The molecule has 1 saturated heterocycles. The Hall–Kier alpha value is -0.800. The molecular formula is C16H28N2O+2. The van der Waals surface area contributed by atoms with Gasteiger partial charge in [-0.2, -0.15) is 0 Å². The van der Waals surface area contributed by atoms with E-state index >= 15 is 0 Å². The van der Waals surface area contributed by atoms with Crippen LogP contribution in [0, 0.1) is 5.92 Å². The summed E-state index contributed by atoms with van der Waals surface area (Å²) in [7, 11) is 0.